The molecule has 1 atom stereocenters. The number of hydrogen-bond donors (Lipinski definition) is 2. The summed E-state index contributed by atoms with van der Waals surface area (Å²) in [6, 6.07) is 0. The molecule has 1 aromatic rings. The normalized spacial score (nSPS) is 19.9. The Morgan fingerprint density at radius 2 is 2.40 bits per heavy atom. The second-order valence-corrected chi connectivity index (χ2v) is 7.73. The first kappa shape index (κ1) is 15.9. The first-order valence-electron chi connectivity index (χ1n) is 6.65. The van der Waals surface area contributed by atoms with E-state index in [-0.39, 0.29) is 23.3 Å². The maximum atomic E-state index is 12.0. The van der Waals surface area contributed by atoms with Gasteiger partial charge in [-0.2, -0.15) is 5.10 Å². The Morgan fingerprint density at radius 3 is 3.00 bits per heavy atom. The lowest BCUT2D eigenvalue weighted by Crippen LogP contribution is -2.30. The van der Waals surface area contributed by atoms with Crippen molar-refractivity contribution in [3.8, 4) is 0 Å². The number of rotatable bonds is 6. The number of nitrogens with one attached hydrogen (secondary N) is 1. The molecule has 1 amide bonds. The maximum Gasteiger partial charge on any atom is 0.233 e. The topological polar surface area (TPSA) is 69.2 Å². The van der Waals surface area contributed by atoms with E-state index in [1.165, 1.54) is 0 Å². The van der Waals surface area contributed by atoms with E-state index in [2.05, 4.69) is 26.1 Å². The van der Waals surface area contributed by atoms with Crippen LogP contribution in [0.1, 0.15) is 37.8 Å². The van der Waals surface area contributed by atoms with Crippen molar-refractivity contribution < 1.29 is 9.90 Å². The monoisotopic (exact) mass is 361 g/mol. The predicted octanol–water partition coefficient (Wildman–Crippen LogP) is 2.54. The molecule has 1 saturated heterocycles. The molecule has 0 radical (unpaired) electrons. The van der Waals surface area contributed by atoms with Gasteiger partial charge in [0.2, 0.25) is 5.91 Å². The Bertz CT molecular complexity index is 478. The minimum absolute atomic E-state index is 0.0108. The van der Waals surface area contributed by atoms with Crippen LogP contribution in [0, 0.1) is 5.41 Å². The molecule has 0 saturated carbocycles. The SMILES string of the molecule is CC(C)(CO)CCCN1C(=O)CSC1c1[nH]ncc1Br. The molecule has 1 aliphatic heterocycles. The van der Waals surface area contributed by atoms with Gasteiger partial charge in [-0.1, -0.05) is 13.8 Å². The number of aromatic nitrogens is 2. The standard InChI is InChI=1S/C13H20BrN3O2S/c1-13(2,8-18)4-3-5-17-10(19)7-20-12(17)11-9(14)6-15-16-11/h6,12,18H,3-5,7-8H2,1-2H3,(H,15,16). The van der Waals surface area contributed by atoms with Crippen LogP contribution in [-0.4, -0.2) is 45.0 Å². The molecular formula is C13H20BrN3O2S. The Balaban J connectivity index is 1.98. The Morgan fingerprint density at radius 1 is 1.65 bits per heavy atom. The van der Waals surface area contributed by atoms with Gasteiger partial charge in [0.15, 0.2) is 0 Å². The molecule has 2 N–H and O–H groups in total. The number of halogens is 1. The first-order chi connectivity index (χ1) is 9.44. The van der Waals surface area contributed by atoms with Crippen LogP contribution in [0.25, 0.3) is 0 Å². The van der Waals surface area contributed by atoms with Crippen molar-refractivity contribution in [3.05, 3.63) is 16.4 Å². The van der Waals surface area contributed by atoms with Gasteiger partial charge >= 0.3 is 0 Å². The second-order valence-electron chi connectivity index (χ2n) is 5.81. The van der Waals surface area contributed by atoms with Crippen LogP contribution in [0.5, 0.6) is 0 Å². The largest absolute Gasteiger partial charge is 0.396 e. The van der Waals surface area contributed by atoms with Crippen molar-refractivity contribution in [1.82, 2.24) is 15.1 Å². The number of nitrogens with zero attached hydrogens (tertiary/aromatic N) is 2. The minimum atomic E-state index is -0.0834. The summed E-state index contributed by atoms with van der Waals surface area (Å²) in [6.45, 7) is 4.96. The number of H-pyrrole nitrogens is 1. The van der Waals surface area contributed by atoms with Gasteiger partial charge in [0.05, 0.1) is 22.1 Å². The summed E-state index contributed by atoms with van der Waals surface area (Å²) in [5, 5.41) is 16.2. The smallest absolute Gasteiger partial charge is 0.233 e. The number of carbonyl (C=O) groups is 1. The lowest BCUT2D eigenvalue weighted by molar-refractivity contribution is -0.128. The molecule has 0 bridgehead atoms. The van der Waals surface area contributed by atoms with Crippen LogP contribution < -0.4 is 0 Å². The molecule has 112 valence electrons. The zero-order valence-corrected chi connectivity index (χ0v) is 14.1. The van der Waals surface area contributed by atoms with E-state index in [0.29, 0.717) is 12.3 Å². The van der Waals surface area contributed by atoms with Gasteiger partial charge in [-0.05, 0) is 34.2 Å². The average Bonchev–Trinajstić information content (AvgIpc) is 2.97. The fourth-order valence-electron chi connectivity index (χ4n) is 2.20. The first-order valence-corrected chi connectivity index (χ1v) is 8.49. The predicted molar refractivity (Wildman–Crippen MR) is 83.3 cm³/mol. The molecule has 1 fully saturated rings. The van der Waals surface area contributed by atoms with Crippen molar-refractivity contribution in [2.75, 3.05) is 18.9 Å². The number of aliphatic hydroxyl groups excluding tert-OH is 1. The van der Waals surface area contributed by atoms with E-state index in [1.54, 1.807) is 18.0 Å². The summed E-state index contributed by atoms with van der Waals surface area (Å²) >= 11 is 5.08. The molecule has 1 aromatic heterocycles. The number of hydrogen-bond acceptors (Lipinski definition) is 4. The van der Waals surface area contributed by atoms with Gasteiger partial charge < -0.3 is 10.0 Å². The van der Waals surface area contributed by atoms with Crippen LogP contribution >= 0.6 is 27.7 Å². The van der Waals surface area contributed by atoms with Crippen molar-refractivity contribution in [3.63, 3.8) is 0 Å². The van der Waals surface area contributed by atoms with Gasteiger partial charge in [-0.3, -0.25) is 9.89 Å². The van der Waals surface area contributed by atoms with Crippen LogP contribution in [0.2, 0.25) is 0 Å². The van der Waals surface area contributed by atoms with Crippen LogP contribution in [0.15, 0.2) is 10.7 Å². The van der Waals surface area contributed by atoms with E-state index >= 15 is 0 Å². The summed E-state index contributed by atoms with van der Waals surface area (Å²) in [6.07, 6.45) is 3.50. The molecule has 1 aliphatic rings. The lowest BCUT2D eigenvalue weighted by atomic mass is 9.89. The summed E-state index contributed by atoms with van der Waals surface area (Å²) in [5.74, 6) is 0.683. The van der Waals surface area contributed by atoms with Crippen molar-refractivity contribution in [2.45, 2.75) is 32.1 Å². The highest BCUT2D eigenvalue weighted by atomic mass is 79.9. The minimum Gasteiger partial charge on any atom is -0.396 e. The quantitative estimate of drug-likeness (QED) is 0.816. The van der Waals surface area contributed by atoms with Crippen LogP contribution in [0.4, 0.5) is 0 Å². The van der Waals surface area contributed by atoms with Crippen molar-refractivity contribution >= 4 is 33.6 Å². The lowest BCUT2D eigenvalue weighted by Gasteiger charge is -2.26. The Labute approximate surface area is 131 Å². The molecule has 0 spiro atoms. The van der Waals surface area contributed by atoms with E-state index in [0.717, 1.165) is 23.0 Å². The van der Waals surface area contributed by atoms with Gasteiger partial charge in [0.25, 0.3) is 0 Å². The summed E-state index contributed by atoms with van der Waals surface area (Å²) in [7, 11) is 0. The Hall–Kier alpha value is -0.530. The molecule has 20 heavy (non-hydrogen) atoms. The van der Waals surface area contributed by atoms with Crippen molar-refractivity contribution in [2.24, 2.45) is 5.41 Å². The number of aliphatic hydroxyl groups is 1. The molecule has 0 aliphatic carbocycles. The van der Waals surface area contributed by atoms with Crippen LogP contribution in [-0.2, 0) is 4.79 Å². The number of amides is 1. The zero-order valence-electron chi connectivity index (χ0n) is 11.7. The number of aromatic amines is 1. The molecule has 2 rings (SSSR count). The van der Waals surface area contributed by atoms with Crippen LogP contribution in [0.3, 0.4) is 0 Å². The molecular weight excluding hydrogens is 342 g/mol. The van der Waals surface area contributed by atoms with Gasteiger partial charge in [-0.15, -0.1) is 11.8 Å². The van der Waals surface area contributed by atoms with Crippen molar-refractivity contribution in [1.29, 1.82) is 0 Å². The van der Waals surface area contributed by atoms with Gasteiger partial charge in [0.1, 0.15) is 5.37 Å². The highest BCUT2D eigenvalue weighted by Crippen LogP contribution is 2.40. The fraction of sp³-hybridized carbons (Fsp3) is 0.692. The third-order valence-corrected chi connectivity index (χ3v) is 5.37. The van der Waals surface area contributed by atoms with Gasteiger partial charge in [0, 0.05) is 13.2 Å². The third-order valence-electron chi connectivity index (χ3n) is 3.52. The molecule has 7 heteroatoms. The fourth-order valence-corrected chi connectivity index (χ4v) is 3.97. The highest BCUT2D eigenvalue weighted by Gasteiger charge is 2.34. The zero-order chi connectivity index (χ0) is 14.8. The van der Waals surface area contributed by atoms with E-state index in [9.17, 15) is 9.90 Å². The third kappa shape index (κ3) is 3.56. The highest BCUT2D eigenvalue weighted by molar-refractivity contribution is 9.10. The average molecular weight is 362 g/mol. The van der Waals surface area contributed by atoms with Gasteiger partial charge in [-0.25, -0.2) is 0 Å². The molecule has 2 heterocycles. The summed E-state index contributed by atoms with van der Waals surface area (Å²) in [4.78, 5) is 13.9. The Kier molecular flexibility index (Phi) is 5.14. The molecule has 1 unspecified atom stereocenters. The summed E-state index contributed by atoms with van der Waals surface area (Å²) in [5.41, 5.74) is 0.863. The molecule has 5 nitrogen and oxygen atoms in total. The summed E-state index contributed by atoms with van der Waals surface area (Å²) < 4.78 is 0.908. The maximum absolute atomic E-state index is 12.0. The second kappa shape index (κ2) is 6.49. The van der Waals surface area contributed by atoms with E-state index in [1.807, 2.05) is 18.7 Å². The number of carbonyl (C=O) groups excluding carboxylic acids is 1. The molecule has 0 aromatic carbocycles. The number of thioether (sulfide) groups is 1. The van der Waals surface area contributed by atoms with E-state index in [4.69, 9.17) is 0 Å². The van der Waals surface area contributed by atoms with E-state index < -0.39 is 0 Å².